The fourth-order valence-corrected chi connectivity index (χ4v) is 1.48. The summed E-state index contributed by atoms with van der Waals surface area (Å²) in [6, 6.07) is 5.76. The van der Waals surface area contributed by atoms with Gasteiger partial charge in [-0.2, -0.15) is 5.26 Å². The SMILES string of the molecule is Cc1cc(Br)cc(NC#N)c1. The van der Waals surface area contributed by atoms with Crippen molar-refractivity contribution in [3.8, 4) is 6.19 Å². The van der Waals surface area contributed by atoms with Gasteiger partial charge in [0.2, 0.25) is 0 Å². The number of benzene rings is 1. The molecule has 0 unspecified atom stereocenters. The van der Waals surface area contributed by atoms with E-state index in [0.29, 0.717) is 0 Å². The molecule has 1 aromatic rings. The zero-order valence-corrected chi connectivity index (χ0v) is 7.64. The summed E-state index contributed by atoms with van der Waals surface area (Å²) in [7, 11) is 0. The lowest BCUT2D eigenvalue weighted by Gasteiger charge is -1.99. The van der Waals surface area contributed by atoms with Crippen LogP contribution in [0.2, 0.25) is 0 Å². The van der Waals surface area contributed by atoms with Gasteiger partial charge in [0, 0.05) is 10.2 Å². The Kier molecular flexibility index (Phi) is 2.50. The van der Waals surface area contributed by atoms with Crippen molar-refractivity contribution in [2.75, 3.05) is 5.32 Å². The van der Waals surface area contributed by atoms with Gasteiger partial charge in [0.1, 0.15) is 0 Å². The number of anilines is 1. The zero-order chi connectivity index (χ0) is 8.27. The molecule has 1 rings (SSSR count). The third-order valence-electron chi connectivity index (χ3n) is 1.24. The van der Waals surface area contributed by atoms with Crippen molar-refractivity contribution in [3.63, 3.8) is 0 Å². The lowest BCUT2D eigenvalue weighted by molar-refractivity contribution is 1.42. The van der Waals surface area contributed by atoms with E-state index in [4.69, 9.17) is 5.26 Å². The maximum Gasteiger partial charge on any atom is 0.181 e. The normalized spacial score (nSPS) is 8.82. The van der Waals surface area contributed by atoms with Crippen molar-refractivity contribution in [2.45, 2.75) is 6.92 Å². The molecule has 56 valence electrons. The van der Waals surface area contributed by atoms with Crippen molar-refractivity contribution < 1.29 is 0 Å². The Morgan fingerprint density at radius 3 is 2.73 bits per heavy atom. The summed E-state index contributed by atoms with van der Waals surface area (Å²) in [5, 5.41) is 10.9. The first-order valence-electron chi connectivity index (χ1n) is 3.14. The number of halogens is 1. The minimum Gasteiger partial charge on any atom is -0.293 e. The van der Waals surface area contributed by atoms with E-state index in [1.165, 1.54) is 0 Å². The number of rotatable bonds is 1. The van der Waals surface area contributed by atoms with E-state index < -0.39 is 0 Å². The molecular weight excluding hydrogens is 204 g/mol. The maximum atomic E-state index is 8.33. The van der Waals surface area contributed by atoms with Gasteiger partial charge in [-0.25, -0.2) is 0 Å². The quantitative estimate of drug-likeness (QED) is 0.572. The maximum absolute atomic E-state index is 8.33. The van der Waals surface area contributed by atoms with Crippen LogP contribution >= 0.6 is 15.9 Å². The number of hydrogen-bond donors (Lipinski definition) is 1. The average Bonchev–Trinajstić information content (AvgIpc) is 1.85. The Morgan fingerprint density at radius 1 is 1.45 bits per heavy atom. The Bertz CT molecular complexity index is 281. The van der Waals surface area contributed by atoms with Gasteiger partial charge in [0.15, 0.2) is 6.19 Å². The lowest BCUT2D eigenvalue weighted by Crippen LogP contribution is -1.87. The molecule has 0 spiro atoms. The van der Waals surface area contributed by atoms with Gasteiger partial charge in [-0.05, 0) is 30.7 Å². The molecule has 0 radical (unpaired) electrons. The first-order valence-corrected chi connectivity index (χ1v) is 3.94. The van der Waals surface area contributed by atoms with E-state index in [1.807, 2.05) is 31.3 Å². The molecule has 0 saturated heterocycles. The van der Waals surface area contributed by atoms with Crippen LogP contribution in [0.3, 0.4) is 0 Å². The molecule has 0 aliphatic carbocycles. The number of hydrogen-bond acceptors (Lipinski definition) is 2. The molecule has 0 aromatic heterocycles. The van der Waals surface area contributed by atoms with E-state index in [9.17, 15) is 0 Å². The van der Waals surface area contributed by atoms with Gasteiger partial charge in [0.25, 0.3) is 0 Å². The largest absolute Gasteiger partial charge is 0.293 e. The van der Waals surface area contributed by atoms with E-state index in [-0.39, 0.29) is 0 Å². The highest BCUT2D eigenvalue weighted by atomic mass is 79.9. The minimum atomic E-state index is 0.819. The Morgan fingerprint density at radius 2 is 2.18 bits per heavy atom. The number of nitrogens with zero attached hydrogens (tertiary/aromatic N) is 1. The average molecular weight is 211 g/mol. The molecule has 1 aromatic carbocycles. The Balaban J connectivity index is 3.01. The molecule has 2 nitrogen and oxygen atoms in total. The highest BCUT2D eigenvalue weighted by molar-refractivity contribution is 9.10. The standard InChI is InChI=1S/C8H7BrN2/c1-6-2-7(9)4-8(3-6)11-5-10/h2-4,11H,1H3. The van der Waals surface area contributed by atoms with Crippen LogP contribution in [0.1, 0.15) is 5.56 Å². The van der Waals surface area contributed by atoms with Crippen LogP contribution < -0.4 is 5.32 Å². The topological polar surface area (TPSA) is 35.8 Å². The molecule has 0 amide bonds. The van der Waals surface area contributed by atoms with Crippen molar-refractivity contribution in [2.24, 2.45) is 0 Å². The Hall–Kier alpha value is -1.01. The van der Waals surface area contributed by atoms with Crippen LogP contribution in [-0.2, 0) is 0 Å². The summed E-state index contributed by atoms with van der Waals surface area (Å²) < 4.78 is 0.982. The monoisotopic (exact) mass is 210 g/mol. The van der Waals surface area contributed by atoms with Crippen LogP contribution in [0.4, 0.5) is 5.69 Å². The van der Waals surface area contributed by atoms with Gasteiger partial charge < -0.3 is 0 Å². The number of nitriles is 1. The third-order valence-corrected chi connectivity index (χ3v) is 1.70. The smallest absolute Gasteiger partial charge is 0.181 e. The lowest BCUT2D eigenvalue weighted by atomic mass is 10.2. The predicted molar refractivity (Wildman–Crippen MR) is 48.1 cm³/mol. The third kappa shape index (κ3) is 2.24. The highest BCUT2D eigenvalue weighted by Gasteiger charge is 1.93. The summed E-state index contributed by atoms with van der Waals surface area (Å²) in [6.45, 7) is 1.98. The second kappa shape index (κ2) is 3.40. The molecule has 0 atom stereocenters. The summed E-state index contributed by atoms with van der Waals surface area (Å²) in [5.41, 5.74) is 1.94. The first kappa shape index (κ1) is 8.09. The first-order chi connectivity index (χ1) is 5.22. The van der Waals surface area contributed by atoms with Crippen LogP contribution in [0.5, 0.6) is 0 Å². The van der Waals surface area contributed by atoms with Crippen molar-refractivity contribution in [3.05, 3.63) is 28.2 Å². The second-order valence-electron chi connectivity index (χ2n) is 2.25. The molecule has 3 heteroatoms. The van der Waals surface area contributed by atoms with Crippen molar-refractivity contribution in [1.29, 1.82) is 5.26 Å². The number of aryl methyl sites for hydroxylation is 1. The molecule has 0 saturated carbocycles. The van der Waals surface area contributed by atoms with Gasteiger partial charge in [0.05, 0.1) is 0 Å². The summed E-state index contributed by atoms with van der Waals surface area (Å²) in [5.74, 6) is 0. The molecule has 1 N–H and O–H groups in total. The Labute approximate surface area is 74.0 Å². The van der Waals surface area contributed by atoms with Gasteiger partial charge in [-0.1, -0.05) is 15.9 Å². The van der Waals surface area contributed by atoms with Crippen molar-refractivity contribution in [1.82, 2.24) is 0 Å². The predicted octanol–water partition coefficient (Wildman–Crippen LogP) is 2.65. The molecule has 11 heavy (non-hydrogen) atoms. The fraction of sp³-hybridized carbons (Fsp3) is 0.125. The van der Waals surface area contributed by atoms with Crippen LogP contribution in [0.15, 0.2) is 22.7 Å². The van der Waals surface area contributed by atoms with E-state index >= 15 is 0 Å². The zero-order valence-electron chi connectivity index (χ0n) is 6.06. The van der Waals surface area contributed by atoms with E-state index in [2.05, 4.69) is 21.2 Å². The molecule has 0 fully saturated rings. The van der Waals surface area contributed by atoms with Crippen molar-refractivity contribution >= 4 is 21.6 Å². The molecule has 0 bridgehead atoms. The minimum absolute atomic E-state index is 0.819. The van der Waals surface area contributed by atoms with Crippen LogP contribution in [-0.4, -0.2) is 0 Å². The van der Waals surface area contributed by atoms with E-state index in [1.54, 1.807) is 0 Å². The molecular formula is C8H7BrN2. The van der Waals surface area contributed by atoms with Crippen LogP contribution in [0, 0.1) is 18.4 Å². The van der Waals surface area contributed by atoms with Crippen LogP contribution in [0.25, 0.3) is 0 Å². The molecule has 0 aliphatic rings. The highest BCUT2D eigenvalue weighted by Crippen LogP contribution is 2.18. The molecule has 0 aliphatic heterocycles. The summed E-state index contributed by atoms with van der Waals surface area (Å²) in [6.07, 6.45) is 1.87. The molecule has 0 heterocycles. The van der Waals surface area contributed by atoms with Gasteiger partial charge >= 0.3 is 0 Å². The second-order valence-corrected chi connectivity index (χ2v) is 3.17. The number of nitrogens with one attached hydrogen (secondary N) is 1. The summed E-state index contributed by atoms with van der Waals surface area (Å²) >= 11 is 3.33. The fourth-order valence-electron chi connectivity index (χ4n) is 0.873. The van der Waals surface area contributed by atoms with Gasteiger partial charge in [-0.15, -0.1) is 0 Å². The van der Waals surface area contributed by atoms with Gasteiger partial charge in [-0.3, -0.25) is 5.32 Å². The summed E-state index contributed by atoms with van der Waals surface area (Å²) in [4.78, 5) is 0. The van der Waals surface area contributed by atoms with E-state index in [0.717, 1.165) is 15.7 Å².